The summed E-state index contributed by atoms with van der Waals surface area (Å²) in [6.07, 6.45) is 1.75. The van der Waals surface area contributed by atoms with Crippen molar-refractivity contribution in [3.8, 4) is 0 Å². The molecule has 0 spiro atoms. The molecule has 0 radical (unpaired) electrons. The number of carbonyl (C=O) groups excluding carboxylic acids is 3. The lowest BCUT2D eigenvalue weighted by atomic mass is 10.1. The monoisotopic (exact) mass is 397 g/mol. The Balaban J connectivity index is 1.49. The van der Waals surface area contributed by atoms with E-state index in [-0.39, 0.29) is 24.1 Å². The number of aryl methyl sites for hydroxylation is 1. The van der Waals surface area contributed by atoms with Crippen LogP contribution in [-0.4, -0.2) is 65.1 Å². The molecule has 3 rings (SSSR count). The average Bonchev–Trinajstić information content (AvgIpc) is 3.26. The van der Waals surface area contributed by atoms with Gasteiger partial charge in [-0.1, -0.05) is 24.3 Å². The van der Waals surface area contributed by atoms with Gasteiger partial charge >= 0.3 is 0 Å². The van der Waals surface area contributed by atoms with Crippen molar-refractivity contribution in [1.82, 2.24) is 14.7 Å². The second-order valence-electron chi connectivity index (χ2n) is 7.27. The maximum Gasteiger partial charge on any atom is 0.289 e. The number of hydrogen-bond donors (Lipinski definition) is 0. The minimum atomic E-state index is -0.150. The SMILES string of the molecule is CC(=O)N(CCC(=O)N1CCN(C(=O)c2ccco2)CC1)Cc1ccccc1C. The normalized spacial score (nSPS) is 14.0. The van der Waals surface area contributed by atoms with Gasteiger partial charge in [-0.2, -0.15) is 0 Å². The molecule has 1 fully saturated rings. The highest BCUT2D eigenvalue weighted by Gasteiger charge is 2.26. The van der Waals surface area contributed by atoms with Crippen LogP contribution in [0.4, 0.5) is 0 Å². The predicted molar refractivity (Wildman–Crippen MR) is 108 cm³/mol. The van der Waals surface area contributed by atoms with Crippen LogP contribution in [0.3, 0.4) is 0 Å². The van der Waals surface area contributed by atoms with Gasteiger partial charge in [0.1, 0.15) is 0 Å². The summed E-state index contributed by atoms with van der Waals surface area (Å²) in [5.74, 6) is 0.127. The molecule has 1 aliphatic heterocycles. The van der Waals surface area contributed by atoms with Crippen molar-refractivity contribution in [2.24, 2.45) is 0 Å². The molecule has 0 atom stereocenters. The number of nitrogens with zero attached hydrogens (tertiary/aromatic N) is 3. The first-order chi connectivity index (χ1) is 14.0. The number of hydrogen-bond acceptors (Lipinski definition) is 4. The Morgan fingerprint density at radius 1 is 1.00 bits per heavy atom. The summed E-state index contributed by atoms with van der Waals surface area (Å²) in [5.41, 5.74) is 2.21. The number of rotatable bonds is 6. The molecule has 2 heterocycles. The summed E-state index contributed by atoms with van der Waals surface area (Å²) in [7, 11) is 0. The minimum absolute atomic E-state index is 0.00568. The van der Waals surface area contributed by atoms with E-state index in [2.05, 4.69) is 0 Å². The fraction of sp³-hybridized carbons (Fsp3) is 0.409. The second-order valence-corrected chi connectivity index (χ2v) is 7.27. The van der Waals surface area contributed by atoms with Gasteiger partial charge in [0.15, 0.2) is 5.76 Å². The summed E-state index contributed by atoms with van der Waals surface area (Å²) in [6.45, 7) is 6.36. The minimum Gasteiger partial charge on any atom is -0.459 e. The molecule has 1 aliphatic rings. The van der Waals surface area contributed by atoms with E-state index in [0.717, 1.165) is 11.1 Å². The fourth-order valence-corrected chi connectivity index (χ4v) is 3.44. The Morgan fingerprint density at radius 3 is 2.31 bits per heavy atom. The van der Waals surface area contributed by atoms with Gasteiger partial charge in [0.05, 0.1) is 6.26 Å². The maximum atomic E-state index is 12.6. The zero-order valence-corrected chi connectivity index (χ0v) is 17.0. The molecule has 2 aromatic rings. The molecule has 1 saturated heterocycles. The van der Waals surface area contributed by atoms with E-state index in [1.54, 1.807) is 26.8 Å². The smallest absolute Gasteiger partial charge is 0.289 e. The van der Waals surface area contributed by atoms with Crippen molar-refractivity contribution in [2.45, 2.75) is 26.8 Å². The summed E-state index contributed by atoms with van der Waals surface area (Å²) in [5, 5.41) is 0. The van der Waals surface area contributed by atoms with Crippen LogP contribution in [0.15, 0.2) is 47.1 Å². The van der Waals surface area contributed by atoms with Gasteiger partial charge in [-0.25, -0.2) is 0 Å². The predicted octanol–water partition coefficient (Wildman–Crippen LogP) is 2.31. The molecule has 1 aromatic carbocycles. The quantitative estimate of drug-likeness (QED) is 0.750. The van der Waals surface area contributed by atoms with Gasteiger partial charge in [-0.3, -0.25) is 14.4 Å². The summed E-state index contributed by atoms with van der Waals surface area (Å²) < 4.78 is 5.16. The van der Waals surface area contributed by atoms with Gasteiger partial charge in [-0.05, 0) is 30.2 Å². The molecule has 3 amide bonds. The van der Waals surface area contributed by atoms with E-state index < -0.39 is 0 Å². The first-order valence-electron chi connectivity index (χ1n) is 9.86. The molecule has 7 nitrogen and oxygen atoms in total. The lowest BCUT2D eigenvalue weighted by Gasteiger charge is -2.34. The standard InChI is InChI=1S/C22H27N3O4/c1-17-6-3-4-7-19(17)16-25(18(2)26)10-9-21(27)23-11-13-24(14-12-23)22(28)20-8-5-15-29-20/h3-8,15H,9-14,16H2,1-2H3. The Kier molecular flexibility index (Phi) is 6.69. The van der Waals surface area contributed by atoms with Gasteiger partial charge in [0.25, 0.3) is 5.91 Å². The van der Waals surface area contributed by atoms with Gasteiger partial charge in [0, 0.05) is 52.6 Å². The van der Waals surface area contributed by atoms with Crippen LogP contribution in [0.25, 0.3) is 0 Å². The van der Waals surface area contributed by atoms with Crippen LogP contribution in [0.2, 0.25) is 0 Å². The molecular weight excluding hydrogens is 370 g/mol. The lowest BCUT2D eigenvalue weighted by Crippen LogP contribution is -2.51. The molecule has 0 N–H and O–H groups in total. The third kappa shape index (κ3) is 5.25. The van der Waals surface area contributed by atoms with Crippen molar-refractivity contribution < 1.29 is 18.8 Å². The lowest BCUT2D eigenvalue weighted by molar-refractivity contribution is -0.134. The number of amides is 3. The highest BCUT2D eigenvalue weighted by molar-refractivity contribution is 5.91. The van der Waals surface area contributed by atoms with Crippen LogP contribution < -0.4 is 0 Å². The third-order valence-corrected chi connectivity index (χ3v) is 5.31. The van der Waals surface area contributed by atoms with E-state index >= 15 is 0 Å². The first kappa shape index (κ1) is 20.6. The number of carbonyl (C=O) groups is 3. The average molecular weight is 397 g/mol. The molecule has 7 heteroatoms. The molecule has 0 bridgehead atoms. The van der Waals surface area contributed by atoms with Crippen LogP contribution in [-0.2, 0) is 16.1 Å². The molecule has 1 aromatic heterocycles. The zero-order chi connectivity index (χ0) is 20.8. The van der Waals surface area contributed by atoms with E-state index in [1.807, 2.05) is 31.2 Å². The molecule has 154 valence electrons. The van der Waals surface area contributed by atoms with Crippen molar-refractivity contribution in [2.75, 3.05) is 32.7 Å². The Labute approximate surface area is 170 Å². The van der Waals surface area contributed by atoms with E-state index in [9.17, 15) is 14.4 Å². The Hall–Kier alpha value is -3.09. The van der Waals surface area contributed by atoms with Crippen LogP contribution in [0, 0.1) is 6.92 Å². The second kappa shape index (κ2) is 9.41. The van der Waals surface area contributed by atoms with Crippen molar-refractivity contribution in [3.05, 3.63) is 59.5 Å². The third-order valence-electron chi connectivity index (χ3n) is 5.31. The number of benzene rings is 1. The fourth-order valence-electron chi connectivity index (χ4n) is 3.44. The Morgan fingerprint density at radius 2 is 1.69 bits per heavy atom. The van der Waals surface area contributed by atoms with Crippen molar-refractivity contribution in [1.29, 1.82) is 0 Å². The van der Waals surface area contributed by atoms with E-state index in [0.29, 0.717) is 45.0 Å². The molecule has 29 heavy (non-hydrogen) atoms. The van der Waals surface area contributed by atoms with Gasteiger partial charge < -0.3 is 19.1 Å². The zero-order valence-electron chi connectivity index (χ0n) is 17.0. The first-order valence-corrected chi connectivity index (χ1v) is 9.86. The largest absolute Gasteiger partial charge is 0.459 e. The van der Waals surface area contributed by atoms with E-state index in [4.69, 9.17) is 4.42 Å². The van der Waals surface area contributed by atoms with Crippen LogP contribution in [0.5, 0.6) is 0 Å². The number of piperazine rings is 1. The molecule has 0 aliphatic carbocycles. The topological polar surface area (TPSA) is 74.1 Å². The van der Waals surface area contributed by atoms with Crippen LogP contribution in [0.1, 0.15) is 35.0 Å². The number of furan rings is 1. The summed E-state index contributed by atoms with van der Waals surface area (Å²) in [6, 6.07) is 11.3. The molecular formula is C22H27N3O4. The molecule has 0 unspecified atom stereocenters. The van der Waals surface area contributed by atoms with Crippen LogP contribution >= 0.6 is 0 Å². The van der Waals surface area contributed by atoms with Gasteiger partial charge in [0.2, 0.25) is 11.8 Å². The maximum absolute atomic E-state index is 12.6. The highest BCUT2D eigenvalue weighted by Crippen LogP contribution is 2.13. The Bertz CT molecular complexity index is 855. The van der Waals surface area contributed by atoms with Crippen molar-refractivity contribution >= 4 is 17.7 Å². The van der Waals surface area contributed by atoms with Gasteiger partial charge in [-0.15, -0.1) is 0 Å². The highest BCUT2D eigenvalue weighted by atomic mass is 16.3. The van der Waals surface area contributed by atoms with Crippen molar-refractivity contribution in [3.63, 3.8) is 0 Å². The molecule has 0 saturated carbocycles. The summed E-state index contributed by atoms with van der Waals surface area (Å²) in [4.78, 5) is 42.1. The summed E-state index contributed by atoms with van der Waals surface area (Å²) >= 11 is 0. The van der Waals surface area contributed by atoms with E-state index in [1.165, 1.54) is 13.2 Å².